The van der Waals surface area contributed by atoms with Gasteiger partial charge in [-0.15, -0.1) is 0 Å². The molecule has 2 rings (SSSR count). The molecule has 0 fully saturated rings. The SMILES string of the molecule is CCCNC(=O)NCCc1ccc2c(c1)OCO2. The van der Waals surface area contributed by atoms with Gasteiger partial charge in [0.05, 0.1) is 0 Å². The Labute approximate surface area is 106 Å². The van der Waals surface area contributed by atoms with Gasteiger partial charge in [0.15, 0.2) is 11.5 Å². The zero-order valence-corrected chi connectivity index (χ0v) is 10.5. The summed E-state index contributed by atoms with van der Waals surface area (Å²) in [5.74, 6) is 1.57. The van der Waals surface area contributed by atoms with Crippen LogP contribution in [0.15, 0.2) is 18.2 Å². The highest BCUT2D eigenvalue weighted by Gasteiger charge is 2.12. The maximum atomic E-state index is 11.3. The molecule has 2 N–H and O–H groups in total. The second-order valence-electron chi connectivity index (χ2n) is 4.12. The Bertz CT molecular complexity index is 421. The van der Waals surface area contributed by atoms with E-state index in [4.69, 9.17) is 9.47 Å². The van der Waals surface area contributed by atoms with E-state index in [1.807, 2.05) is 25.1 Å². The predicted molar refractivity (Wildman–Crippen MR) is 68.0 cm³/mol. The summed E-state index contributed by atoms with van der Waals surface area (Å²) in [4.78, 5) is 11.3. The minimum absolute atomic E-state index is 0.113. The van der Waals surface area contributed by atoms with Gasteiger partial charge in [0, 0.05) is 13.1 Å². The summed E-state index contributed by atoms with van der Waals surface area (Å²) >= 11 is 0. The Morgan fingerprint density at radius 1 is 1.22 bits per heavy atom. The van der Waals surface area contributed by atoms with E-state index in [1.165, 1.54) is 0 Å². The van der Waals surface area contributed by atoms with E-state index in [0.717, 1.165) is 29.9 Å². The van der Waals surface area contributed by atoms with Crippen LogP contribution in [0.2, 0.25) is 0 Å². The lowest BCUT2D eigenvalue weighted by molar-refractivity contribution is 0.174. The van der Waals surface area contributed by atoms with Gasteiger partial charge in [0.1, 0.15) is 0 Å². The number of ether oxygens (including phenoxy) is 2. The second-order valence-corrected chi connectivity index (χ2v) is 4.12. The van der Waals surface area contributed by atoms with Crippen LogP contribution in [0, 0.1) is 0 Å². The molecular weight excluding hydrogens is 232 g/mol. The summed E-state index contributed by atoms with van der Waals surface area (Å²) in [6.45, 7) is 3.62. The maximum Gasteiger partial charge on any atom is 0.314 e. The van der Waals surface area contributed by atoms with E-state index in [2.05, 4.69) is 10.6 Å². The summed E-state index contributed by atoms with van der Waals surface area (Å²) in [7, 11) is 0. The molecule has 2 amide bonds. The largest absolute Gasteiger partial charge is 0.454 e. The molecule has 1 heterocycles. The van der Waals surface area contributed by atoms with Crippen LogP contribution in [-0.4, -0.2) is 25.9 Å². The third-order valence-electron chi connectivity index (χ3n) is 2.67. The molecule has 18 heavy (non-hydrogen) atoms. The molecule has 0 bridgehead atoms. The zero-order chi connectivity index (χ0) is 12.8. The molecule has 0 unspecified atom stereocenters. The highest BCUT2D eigenvalue weighted by atomic mass is 16.7. The zero-order valence-electron chi connectivity index (χ0n) is 10.5. The van der Waals surface area contributed by atoms with Crippen LogP contribution in [0.4, 0.5) is 4.79 Å². The predicted octanol–water partition coefficient (Wildman–Crippen LogP) is 1.67. The van der Waals surface area contributed by atoms with Gasteiger partial charge >= 0.3 is 6.03 Å². The molecule has 98 valence electrons. The van der Waals surface area contributed by atoms with Gasteiger partial charge in [-0.2, -0.15) is 0 Å². The van der Waals surface area contributed by atoms with Crippen LogP contribution < -0.4 is 20.1 Å². The van der Waals surface area contributed by atoms with Crippen LogP contribution in [0.25, 0.3) is 0 Å². The molecule has 0 saturated carbocycles. The van der Waals surface area contributed by atoms with Gasteiger partial charge in [0.2, 0.25) is 6.79 Å². The van der Waals surface area contributed by atoms with Crippen LogP contribution >= 0.6 is 0 Å². The van der Waals surface area contributed by atoms with E-state index < -0.39 is 0 Å². The van der Waals surface area contributed by atoms with E-state index in [1.54, 1.807) is 0 Å². The molecule has 1 aliphatic heterocycles. The fraction of sp³-hybridized carbons (Fsp3) is 0.462. The van der Waals surface area contributed by atoms with Crippen molar-refractivity contribution in [2.24, 2.45) is 0 Å². The third-order valence-corrected chi connectivity index (χ3v) is 2.67. The number of rotatable bonds is 5. The molecule has 0 aliphatic carbocycles. The smallest absolute Gasteiger partial charge is 0.314 e. The average Bonchev–Trinajstić information content (AvgIpc) is 2.83. The molecule has 0 radical (unpaired) electrons. The average molecular weight is 250 g/mol. The van der Waals surface area contributed by atoms with Crippen molar-refractivity contribution < 1.29 is 14.3 Å². The molecule has 5 nitrogen and oxygen atoms in total. The minimum Gasteiger partial charge on any atom is -0.454 e. The molecule has 1 aromatic carbocycles. The Hall–Kier alpha value is -1.91. The van der Waals surface area contributed by atoms with Crippen molar-refractivity contribution in [1.82, 2.24) is 10.6 Å². The highest BCUT2D eigenvalue weighted by molar-refractivity contribution is 5.73. The fourth-order valence-corrected chi connectivity index (χ4v) is 1.72. The molecule has 0 spiro atoms. The Morgan fingerprint density at radius 2 is 2.00 bits per heavy atom. The number of nitrogens with one attached hydrogen (secondary N) is 2. The molecule has 5 heteroatoms. The monoisotopic (exact) mass is 250 g/mol. The third kappa shape index (κ3) is 3.29. The van der Waals surface area contributed by atoms with Crippen molar-refractivity contribution >= 4 is 6.03 Å². The first kappa shape index (κ1) is 12.5. The van der Waals surface area contributed by atoms with Crippen LogP contribution in [-0.2, 0) is 6.42 Å². The summed E-state index contributed by atoms with van der Waals surface area (Å²) in [5.41, 5.74) is 1.12. The maximum absolute atomic E-state index is 11.3. The number of carbonyl (C=O) groups is 1. The Balaban J connectivity index is 1.75. The topological polar surface area (TPSA) is 59.6 Å². The van der Waals surface area contributed by atoms with Crippen LogP contribution in [0.1, 0.15) is 18.9 Å². The number of benzene rings is 1. The molecule has 1 aliphatic rings. The van der Waals surface area contributed by atoms with Gasteiger partial charge in [0.25, 0.3) is 0 Å². The Morgan fingerprint density at radius 3 is 2.83 bits per heavy atom. The van der Waals surface area contributed by atoms with Gasteiger partial charge in [-0.3, -0.25) is 0 Å². The lowest BCUT2D eigenvalue weighted by atomic mass is 10.1. The number of urea groups is 1. The number of hydrogen-bond acceptors (Lipinski definition) is 3. The number of carbonyl (C=O) groups excluding carboxylic acids is 1. The van der Waals surface area contributed by atoms with Gasteiger partial charge < -0.3 is 20.1 Å². The number of fused-ring (bicyclic) bond motifs is 1. The standard InChI is InChI=1S/C13H18N2O3/c1-2-6-14-13(16)15-7-5-10-3-4-11-12(8-10)18-9-17-11/h3-4,8H,2,5-7,9H2,1H3,(H2,14,15,16). The molecular formula is C13H18N2O3. The normalized spacial score (nSPS) is 12.3. The van der Waals surface area contributed by atoms with Crippen molar-refractivity contribution in [3.8, 4) is 11.5 Å². The van der Waals surface area contributed by atoms with Crippen molar-refractivity contribution in [3.63, 3.8) is 0 Å². The summed E-state index contributed by atoms with van der Waals surface area (Å²) in [5, 5.41) is 5.58. The first-order chi connectivity index (χ1) is 8.79. The number of hydrogen-bond donors (Lipinski definition) is 2. The second kappa shape index (κ2) is 6.14. The van der Waals surface area contributed by atoms with Crippen LogP contribution in [0.3, 0.4) is 0 Å². The molecule has 1 aromatic rings. The van der Waals surface area contributed by atoms with E-state index in [0.29, 0.717) is 13.1 Å². The number of amides is 2. The van der Waals surface area contributed by atoms with Gasteiger partial charge in [-0.25, -0.2) is 4.79 Å². The van der Waals surface area contributed by atoms with E-state index >= 15 is 0 Å². The van der Waals surface area contributed by atoms with Crippen molar-refractivity contribution in [3.05, 3.63) is 23.8 Å². The quantitative estimate of drug-likeness (QED) is 0.835. The van der Waals surface area contributed by atoms with Crippen LogP contribution in [0.5, 0.6) is 11.5 Å². The van der Waals surface area contributed by atoms with E-state index in [9.17, 15) is 4.79 Å². The molecule has 0 saturated heterocycles. The van der Waals surface area contributed by atoms with Crippen molar-refractivity contribution in [2.75, 3.05) is 19.9 Å². The summed E-state index contributed by atoms with van der Waals surface area (Å²) < 4.78 is 10.5. The highest BCUT2D eigenvalue weighted by Crippen LogP contribution is 2.32. The molecule has 0 atom stereocenters. The lowest BCUT2D eigenvalue weighted by Crippen LogP contribution is -2.36. The Kier molecular flexibility index (Phi) is 4.28. The van der Waals surface area contributed by atoms with Gasteiger partial charge in [-0.05, 0) is 30.5 Å². The molecule has 0 aromatic heterocycles. The minimum atomic E-state index is -0.113. The van der Waals surface area contributed by atoms with Crippen molar-refractivity contribution in [2.45, 2.75) is 19.8 Å². The first-order valence-electron chi connectivity index (χ1n) is 6.20. The van der Waals surface area contributed by atoms with E-state index in [-0.39, 0.29) is 12.8 Å². The van der Waals surface area contributed by atoms with Crippen molar-refractivity contribution in [1.29, 1.82) is 0 Å². The first-order valence-corrected chi connectivity index (χ1v) is 6.20. The lowest BCUT2D eigenvalue weighted by Gasteiger charge is -2.07. The summed E-state index contributed by atoms with van der Waals surface area (Å²) in [6.07, 6.45) is 1.71. The van der Waals surface area contributed by atoms with Gasteiger partial charge in [-0.1, -0.05) is 13.0 Å². The summed E-state index contributed by atoms with van der Waals surface area (Å²) in [6, 6.07) is 5.72. The fourth-order valence-electron chi connectivity index (χ4n) is 1.72.